The van der Waals surface area contributed by atoms with E-state index in [2.05, 4.69) is 93.5 Å². The van der Waals surface area contributed by atoms with E-state index in [1.54, 1.807) is 115 Å². The zero-order valence-corrected chi connectivity index (χ0v) is 68.2. The fourth-order valence-corrected chi connectivity index (χ4v) is 14.9. The zero-order chi connectivity index (χ0) is 86.4. The Labute approximate surface area is 699 Å². The number of pyridine rings is 6. The number of nitrogens with zero attached hydrogens (tertiary/aromatic N) is 10. The van der Waals surface area contributed by atoms with Crippen molar-refractivity contribution < 1.29 is 75.2 Å². The van der Waals surface area contributed by atoms with Gasteiger partial charge in [0.1, 0.15) is 5.58 Å². The van der Waals surface area contributed by atoms with Gasteiger partial charge >= 0.3 is 23.9 Å². The number of fused-ring (bicyclic) bond motifs is 1. The largest absolute Gasteiger partial charge is 0.478 e. The number of Topliss-reactive ketones (excluding diaryl/α,β-unsaturated/α-hetero) is 1. The van der Waals surface area contributed by atoms with Crippen LogP contribution in [0.2, 0.25) is 0 Å². The second-order valence-corrected chi connectivity index (χ2v) is 31.4. The third-order valence-corrected chi connectivity index (χ3v) is 22.0. The van der Waals surface area contributed by atoms with Crippen LogP contribution in [-0.4, -0.2) is 107 Å². The molecular formula is C90H83F6N11O10S3. The molecule has 11 heterocycles. The van der Waals surface area contributed by atoms with Crippen molar-refractivity contribution in [1.82, 2.24) is 50.5 Å². The van der Waals surface area contributed by atoms with E-state index in [0.717, 1.165) is 130 Å². The number of carboxylic acids is 4. The maximum atomic E-state index is 13.2. The van der Waals surface area contributed by atoms with Crippen molar-refractivity contribution in [1.29, 1.82) is 0 Å². The molecule has 14 rings (SSSR count). The number of hydrogen-bond acceptors (Lipinski definition) is 18. The van der Waals surface area contributed by atoms with Gasteiger partial charge in [-0.1, -0.05) is 60.7 Å². The van der Waals surface area contributed by atoms with Crippen LogP contribution in [0.5, 0.6) is 0 Å². The number of aromatic nitrogens is 10. The molecule has 0 saturated heterocycles. The number of furan rings is 1. The minimum atomic E-state index is -2.85. The first kappa shape index (κ1) is 90.8. The van der Waals surface area contributed by atoms with Crippen molar-refractivity contribution >= 4 is 74.6 Å². The Hall–Kier alpha value is -13.1. The van der Waals surface area contributed by atoms with E-state index in [1.165, 1.54) is 99.2 Å². The van der Waals surface area contributed by atoms with Gasteiger partial charge in [-0.15, -0.1) is 44.2 Å². The number of nitrogens with one attached hydrogen (secondary N) is 1. The molecule has 21 nitrogen and oxygen atoms in total. The van der Waals surface area contributed by atoms with Crippen LogP contribution >= 0.6 is 34.0 Å². The molecule has 30 heteroatoms. The molecule has 0 spiro atoms. The average Bonchev–Trinajstić information content (AvgIpc) is 1.29. The number of aromatic amines is 1. The number of carbonyl (C=O) groups excluding carboxylic acids is 1. The van der Waals surface area contributed by atoms with Gasteiger partial charge in [0.2, 0.25) is 11.6 Å². The lowest BCUT2D eigenvalue weighted by molar-refractivity contribution is 0.0168. The number of hydrogen-bond donors (Lipinski definition) is 5. The lowest BCUT2D eigenvalue weighted by Gasteiger charge is -2.11. The normalized spacial score (nSPS) is 11.0. The van der Waals surface area contributed by atoms with Crippen LogP contribution in [0.15, 0.2) is 231 Å². The van der Waals surface area contributed by atoms with E-state index >= 15 is 0 Å². The van der Waals surface area contributed by atoms with Gasteiger partial charge in [-0.05, 0) is 231 Å². The summed E-state index contributed by atoms with van der Waals surface area (Å²) in [6.45, 7) is 13.4. The molecule has 0 saturated carbocycles. The number of aryl methyl sites for hydroxylation is 14. The molecule has 0 aliphatic carbocycles. The van der Waals surface area contributed by atoms with Crippen LogP contribution in [0.25, 0.3) is 27.2 Å². The number of ketones is 1. The molecule has 5 N–H and O–H groups in total. The number of thiophene rings is 3. The van der Waals surface area contributed by atoms with E-state index in [1.807, 2.05) is 30.3 Å². The van der Waals surface area contributed by atoms with E-state index in [4.69, 9.17) is 31.4 Å². The first-order valence-electron chi connectivity index (χ1n) is 37.5. The van der Waals surface area contributed by atoms with Crippen molar-refractivity contribution in [2.24, 2.45) is 0 Å². The summed E-state index contributed by atoms with van der Waals surface area (Å²) in [5, 5.41) is 51.3. The van der Waals surface area contributed by atoms with E-state index in [0.29, 0.717) is 78.6 Å². The molecule has 120 heavy (non-hydrogen) atoms. The highest BCUT2D eigenvalue weighted by Gasteiger charge is 2.28. The Kier molecular flexibility index (Phi) is 33.2. The van der Waals surface area contributed by atoms with E-state index in [-0.39, 0.29) is 33.9 Å². The molecule has 11 aromatic heterocycles. The minimum absolute atomic E-state index is 0.0180. The summed E-state index contributed by atoms with van der Waals surface area (Å²) in [5.74, 6) is -11.9. The molecule has 0 amide bonds. The van der Waals surface area contributed by atoms with E-state index in [9.17, 15) is 50.3 Å². The van der Waals surface area contributed by atoms with Gasteiger partial charge in [0.05, 0.1) is 33.4 Å². The number of H-pyrrole nitrogens is 1. The fraction of sp³-hybridized carbons (Fsp3) is 0.233. The summed E-state index contributed by atoms with van der Waals surface area (Å²) in [6.07, 6.45) is 28.8. The van der Waals surface area contributed by atoms with Gasteiger partial charge < -0.3 is 29.7 Å². The Bertz CT molecular complexity index is 5660. The molecular weight excluding hydrogens is 1610 g/mol. The number of halogens is 6. The SMILES string of the molecule is CC(F)(F)c1ccc(CCc2cnccc2-c2nn[nH]n2)cc1.CC(F)(F)c1ccc(CCc2cnccc2C(=O)O)s1.Cc1ccc(CCc2cnccc2C(=O)O)s1.Cc1ccc(CCc2cnccc2C(=O)O)s1.O=C(O)c1ccncc1CCc1ccc2ccoc2c1.[C-]#[N+]CC(=O)c1ccncc1CCc1ccc(C(C)(F)F)cc1. The van der Waals surface area contributed by atoms with E-state index < -0.39 is 41.6 Å². The monoisotopic (exact) mass is 1690 g/mol. The number of rotatable bonds is 28. The standard InChI is InChI=1S/C18H16F2N2O.C16H15F2N5.C16H13NO3.C14H13F2NO2S.2C13H13NO2S/c1-18(19,20)15-7-4-13(5-8-15)3-6-14-11-22-10-9-16(14)17(23)12-21-2;1-16(17,18)13-6-3-11(4-7-13)2-5-12-10-19-9-8-14(12)15-20-22-23-21-15;18-16(19)14-5-7-17-10-13(14)4-2-11-1-3-12-6-8-20-15(12)9-11;1-14(15,16)12-5-4-10(20-12)3-2-9-8-17-7-6-11(9)13(18)19;2*1-9-2-4-11(17-9)5-3-10-8-14-7-6-12(10)13(15)16/h4-5,7-11H,3,6,12H2,1H3;3-4,6-10H,2,5H2,1H3,(H,20,21,22,23);1,3,5-10H,2,4H2,(H,18,19);4-8H,2-3H2,1H3,(H,18,19);2*2,4,6-8H,3,5H2,1H3,(H,15,16). The Morgan fingerprint density at radius 3 is 1.16 bits per heavy atom. The first-order valence-corrected chi connectivity index (χ1v) is 39.9. The third-order valence-electron chi connectivity index (χ3n) is 18.6. The van der Waals surface area contributed by atoms with Crippen LogP contribution in [0, 0.1) is 20.4 Å². The van der Waals surface area contributed by atoms with Crippen molar-refractivity contribution in [2.75, 3.05) is 6.54 Å². The summed E-state index contributed by atoms with van der Waals surface area (Å²) >= 11 is 4.56. The van der Waals surface area contributed by atoms with Gasteiger partial charge in [-0.3, -0.25) is 34.7 Å². The molecule has 0 aliphatic heterocycles. The highest BCUT2D eigenvalue weighted by atomic mass is 32.1. The van der Waals surface area contributed by atoms with Crippen molar-refractivity contribution in [2.45, 2.75) is 129 Å². The van der Waals surface area contributed by atoms with Crippen molar-refractivity contribution in [3.63, 3.8) is 0 Å². The Morgan fingerprint density at radius 1 is 0.417 bits per heavy atom. The predicted molar refractivity (Wildman–Crippen MR) is 447 cm³/mol. The minimum Gasteiger partial charge on any atom is -0.478 e. The third kappa shape index (κ3) is 28.1. The average molecular weight is 1690 g/mol. The lowest BCUT2D eigenvalue weighted by atomic mass is 9.98. The smallest absolute Gasteiger partial charge is 0.336 e. The first-order chi connectivity index (χ1) is 57.4. The predicted octanol–water partition coefficient (Wildman–Crippen LogP) is 20.2. The second-order valence-electron chi connectivity index (χ2n) is 27.5. The molecule has 0 atom stereocenters. The van der Waals surface area contributed by atoms with Gasteiger partial charge in [0, 0.05) is 147 Å². The molecule has 3 aromatic carbocycles. The Morgan fingerprint density at radius 2 is 0.783 bits per heavy atom. The summed E-state index contributed by atoms with van der Waals surface area (Å²) in [6, 6.07) is 41.5. The number of carboxylic acid groups (broad SMARTS) is 4. The van der Waals surface area contributed by atoms with Crippen LogP contribution in [0.1, 0.15) is 163 Å². The summed E-state index contributed by atoms with van der Waals surface area (Å²) in [7, 11) is 0. The second kappa shape index (κ2) is 43.9. The molecule has 0 radical (unpaired) electrons. The number of benzene rings is 3. The lowest BCUT2D eigenvalue weighted by Crippen LogP contribution is -2.08. The Balaban J connectivity index is 0.000000164. The number of alkyl halides is 6. The van der Waals surface area contributed by atoms with Gasteiger partial charge in [-0.25, -0.2) is 52.1 Å². The van der Waals surface area contributed by atoms with Gasteiger partial charge in [0.25, 0.3) is 24.3 Å². The molecule has 618 valence electrons. The molecule has 14 aromatic rings. The highest BCUT2D eigenvalue weighted by molar-refractivity contribution is 7.12. The molecule has 0 bridgehead atoms. The molecule has 0 fully saturated rings. The summed E-state index contributed by atoms with van der Waals surface area (Å²) in [4.78, 5) is 89.2. The summed E-state index contributed by atoms with van der Waals surface area (Å²) in [5.41, 5.74) is 11.2. The quantitative estimate of drug-likeness (QED) is 0.0173. The van der Waals surface area contributed by atoms with Crippen LogP contribution < -0.4 is 0 Å². The summed E-state index contributed by atoms with van der Waals surface area (Å²) < 4.78 is 84.4. The van der Waals surface area contributed by atoms with Gasteiger partial charge in [-0.2, -0.15) is 5.21 Å². The van der Waals surface area contributed by atoms with Gasteiger partial charge in [0.15, 0.2) is 0 Å². The molecule has 0 aliphatic rings. The maximum absolute atomic E-state index is 13.2. The number of tetrazole rings is 1. The topological polar surface area (TPSA) is 316 Å². The number of carbonyl (C=O) groups is 5. The number of aromatic carboxylic acids is 4. The highest BCUT2D eigenvalue weighted by Crippen LogP contribution is 2.34. The van der Waals surface area contributed by atoms with Crippen LogP contribution in [0.3, 0.4) is 0 Å². The van der Waals surface area contributed by atoms with Crippen LogP contribution in [-0.2, 0) is 94.8 Å². The zero-order valence-electron chi connectivity index (χ0n) is 65.8. The molecule has 0 unspecified atom stereocenters. The van der Waals surface area contributed by atoms with Crippen molar-refractivity contribution in [3.8, 4) is 11.4 Å². The maximum Gasteiger partial charge on any atom is 0.336 e. The fourth-order valence-electron chi connectivity index (χ4n) is 12.2. The van der Waals surface area contributed by atoms with Crippen molar-refractivity contribution in [3.05, 3.63) is 356 Å². The van der Waals surface area contributed by atoms with Crippen LogP contribution in [0.4, 0.5) is 26.3 Å².